The fraction of sp³-hybridized carbons (Fsp3) is 0.938. The van der Waals surface area contributed by atoms with Gasteiger partial charge in [0.05, 0.1) is 11.3 Å². The highest BCUT2D eigenvalue weighted by atomic mass is 32.2. The summed E-state index contributed by atoms with van der Waals surface area (Å²) in [6.07, 6.45) is 10.2. The predicted octanol–water partition coefficient (Wildman–Crippen LogP) is 1.38. The van der Waals surface area contributed by atoms with Crippen LogP contribution in [-0.2, 0) is 14.6 Å². The van der Waals surface area contributed by atoms with Crippen molar-refractivity contribution in [2.75, 3.05) is 6.26 Å². The van der Waals surface area contributed by atoms with Crippen molar-refractivity contribution in [3.8, 4) is 0 Å². The molecule has 0 aromatic carbocycles. The van der Waals surface area contributed by atoms with Crippen LogP contribution in [0, 0.1) is 5.92 Å². The summed E-state index contributed by atoms with van der Waals surface area (Å²) >= 11 is 0. The lowest BCUT2D eigenvalue weighted by Gasteiger charge is -2.29. The van der Waals surface area contributed by atoms with Gasteiger partial charge in [-0.25, -0.2) is 8.42 Å². The van der Waals surface area contributed by atoms with Crippen LogP contribution in [0.5, 0.6) is 0 Å². The number of carbonyl (C=O) groups is 1. The first-order chi connectivity index (χ1) is 10.4. The Morgan fingerprint density at radius 3 is 2.36 bits per heavy atom. The molecule has 126 valence electrons. The topological polar surface area (TPSA) is 75.3 Å². The molecule has 6 heteroatoms. The van der Waals surface area contributed by atoms with E-state index in [1.54, 1.807) is 0 Å². The van der Waals surface area contributed by atoms with E-state index in [0.29, 0.717) is 24.8 Å². The van der Waals surface area contributed by atoms with E-state index in [2.05, 4.69) is 10.6 Å². The second-order valence-corrected chi connectivity index (χ2v) is 9.74. The molecule has 0 spiro atoms. The number of rotatable bonds is 3. The molecular formula is C16H28N2O3S. The van der Waals surface area contributed by atoms with Crippen LogP contribution in [0.3, 0.4) is 0 Å². The average molecular weight is 328 g/mol. The first-order valence-corrected chi connectivity index (χ1v) is 10.6. The van der Waals surface area contributed by atoms with Crippen LogP contribution in [0.2, 0.25) is 0 Å². The Bertz CT molecular complexity index is 497. The first kappa shape index (κ1) is 16.2. The standard InChI is InChI=1S/C16H28N2O3S/c1-22(20,21)13-8-6-12(7-9-13)17-16(19)15-10-11-4-2-3-5-14(11)18-15/h11-15,18H,2-10H2,1H3,(H,17,19). The summed E-state index contributed by atoms with van der Waals surface area (Å²) in [4.78, 5) is 12.4. The van der Waals surface area contributed by atoms with Crippen LogP contribution in [0.1, 0.15) is 57.8 Å². The summed E-state index contributed by atoms with van der Waals surface area (Å²) in [5, 5.41) is 6.44. The molecule has 0 bridgehead atoms. The minimum atomic E-state index is -2.93. The Balaban J connectivity index is 1.47. The quantitative estimate of drug-likeness (QED) is 0.821. The van der Waals surface area contributed by atoms with E-state index in [1.807, 2.05) is 0 Å². The van der Waals surface area contributed by atoms with Crippen molar-refractivity contribution in [3.63, 3.8) is 0 Å². The fourth-order valence-corrected chi connectivity index (χ4v) is 5.59. The number of nitrogens with one attached hydrogen (secondary N) is 2. The zero-order valence-electron chi connectivity index (χ0n) is 13.4. The van der Waals surface area contributed by atoms with Gasteiger partial charge in [0.2, 0.25) is 5.91 Å². The van der Waals surface area contributed by atoms with Crippen LogP contribution in [0.15, 0.2) is 0 Å². The molecule has 1 aliphatic heterocycles. The summed E-state index contributed by atoms with van der Waals surface area (Å²) in [6, 6.07) is 0.640. The van der Waals surface area contributed by atoms with Crippen LogP contribution in [-0.4, -0.2) is 44.0 Å². The lowest BCUT2D eigenvalue weighted by Crippen LogP contribution is -2.48. The third-order valence-corrected chi connectivity index (χ3v) is 7.49. The molecule has 3 fully saturated rings. The van der Waals surface area contributed by atoms with Crippen LogP contribution in [0.25, 0.3) is 0 Å². The van der Waals surface area contributed by atoms with E-state index in [1.165, 1.54) is 31.9 Å². The van der Waals surface area contributed by atoms with E-state index in [-0.39, 0.29) is 23.2 Å². The molecule has 2 saturated carbocycles. The number of hydrogen-bond donors (Lipinski definition) is 2. The van der Waals surface area contributed by atoms with Gasteiger partial charge in [0.15, 0.2) is 0 Å². The Morgan fingerprint density at radius 1 is 1.05 bits per heavy atom. The lowest BCUT2D eigenvalue weighted by molar-refractivity contribution is -0.123. The number of fused-ring (bicyclic) bond motifs is 1. The predicted molar refractivity (Wildman–Crippen MR) is 86.3 cm³/mol. The van der Waals surface area contributed by atoms with Gasteiger partial charge >= 0.3 is 0 Å². The smallest absolute Gasteiger partial charge is 0.237 e. The van der Waals surface area contributed by atoms with Crippen molar-refractivity contribution >= 4 is 15.7 Å². The summed E-state index contributed by atoms with van der Waals surface area (Å²) < 4.78 is 23.1. The van der Waals surface area contributed by atoms with E-state index in [0.717, 1.165) is 19.3 Å². The molecule has 5 nitrogen and oxygen atoms in total. The van der Waals surface area contributed by atoms with E-state index in [4.69, 9.17) is 0 Å². The molecule has 0 radical (unpaired) electrons. The van der Waals surface area contributed by atoms with E-state index >= 15 is 0 Å². The summed E-state index contributed by atoms with van der Waals surface area (Å²) in [5.74, 6) is 0.794. The van der Waals surface area contributed by atoms with Gasteiger partial charge in [-0.2, -0.15) is 0 Å². The molecule has 3 aliphatic rings. The Labute approximate surface area is 133 Å². The fourth-order valence-electron chi connectivity index (χ4n) is 4.46. The maximum Gasteiger partial charge on any atom is 0.237 e. The molecule has 3 rings (SSSR count). The second-order valence-electron chi connectivity index (χ2n) is 7.42. The zero-order valence-corrected chi connectivity index (χ0v) is 14.2. The zero-order chi connectivity index (χ0) is 15.7. The first-order valence-electron chi connectivity index (χ1n) is 8.69. The molecule has 3 atom stereocenters. The molecule has 1 saturated heterocycles. The third kappa shape index (κ3) is 3.65. The van der Waals surface area contributed by atoms with Crippen LogP contribution < -0.4 is 10.6 Å². The summed E-state index contributed by atoms with van der Waals surface area (Å²) in [7, 11) is -2.93. The normalized spacial score (nSPS) is 39.2. The molecule has 1 amide bonds. The SMILES string of the molecule is CS(=O)(=O)C1CCC(NC(=O)C2CC3CCCCC3N2)CC1. The van der Waals surface area contributed by atoms with Crippen LogP contribution in [0.4, 0.5) is 0 Å². The van der Waals surface area contributed by atoms with Crippen molar-refractivity contribution in [2.24, 2.45) is 5.92 Å². The van der Waals surface area contributed by atoms with Crippen LogP contribution >= 0.6 is 0 Å². The number of carbonyl (C=O) groups excluding carboxylic acids is 1. The Hall–Kier alpha value is -0.620. The molecule has 3 unspecified atom stereocenters. The van der Waals surface area contributed by atoms with E-state index in [9.17, 15) is 13.2 Å². The highest BCUT2D eigenvalue weighted by Gasteiger charge is 2.39. The minimum Gasteiger partial charge on any atom is -0.352 e. The van der Waals surface area contributed by atoms with Gasteiger partial charge in [0.1, 0.15) is 9.84 Å². The Kier molecular flexibility index (Phi) is 4.78. The molecule has 0 aromatic heterocycles. The number of hydrogen-bond acceptors (Lipinski definition) is 4. The maximum atomic E-state index is 12.4. The van der Waals surface area contributed by atoms with Gasteiger partial charge in [-0.05, 0) is 50.9 Å². The van der Waals surface area contributed by atoms with Gasteiger partial charge in [-0.1, -0.05) is 12.8 Å². The highest BCUT2D eigenvalue weighted by Crippen LogP contribution is 2.33. The van der Waals surface area contributed by atoms with Crippen molar-refractivity contribution in [2.45, 2.75) is 81.2 Å². The minimum absolute atomic E-state index is 0.0410. The maximum absolute atomic E-state index is 12.4. The molecule has 1 heterocycles. The molecule has 22 heavy (non-hydrogen) atoms. The highest BCUT2D eigenvalue weighted by molar-refractivity contribution is 7.91. The molecular weight excluding hydrogens is 300 g/mol. The van der Waals surface area contributed by atoms with Gasteiger partial charge in [0, 0.05) is 18.3 Å². The Morgan fingerprint density at radius 2 is 1.73 bits per heavy atom. The van der Waals surface area contributed by atoms with Gasteiger partial charge < -0.3 is 10.6 Å². The summed E-state index contributed by atoms with van der Waals surface area (Å²) in [5.41, 5.74) is 0. The van der Waals surface area contributed by atoms with Gasteiger partial charge in [-0.3, -0.25) is 4.79 Å². The van der Waals surface area contributed by atoms with Gasteiger partial charge in [0.25, 0.3) is 0 Å². The number of amides is 1. The summed E-state index contributed by atoms with van der Waals surface area (Å²) in [6.45, 7) is 0. The number of sulfone groups is 1. The average Bonchev–Trinajstić information content (AvgIpc) is 2.91. The third-order valence-electron chi connectivity index (χ3n) is 5.81. The van der Waals surface area contributed by atoms with Crippen molar-refractivity contribution < 1.29 is 13.2 Å². The van der Waals surface area contributed by atoms with Crippen molar-refractivity contribution in [1.29, 1.82) is 0 Å². The van der Waals surface area contributed by atoms with Crippen molar-refractivity contribution in [3.05, 3.63) is 0 Å². The second kappa shape index (κ2) is 6.48. The lowest BCUT2D eigenvalue weighted by atomic mass is 9.85. The monoisotopic (exact) mass is 328 g/mol. The largest absolute Gasteiger partial charge is 0.352 e. The molecule has 2 aliphatic carbocycles. The van der Waals surface area contributed by atoms with Crippen molar-refractivity contribution in [1.82, 2.24) is 10.6 Å². The molecule has 0 aromatic rings. The van der Waals surface area contributed by atoms with E-state index < -0.39 is 9.84 Å². The van der Waals surface area contributed by atoms with Gasteiger partial charge in [-0.15, -0.1) is 0 Å². The molecule has 2 N–H and O–H groups in total.